The zero-order valence-electron chi connectivity index (χ0n) is 9.48. The molecule has 1 atom stereocenters. The lowest BCUT2D eigenvalue weighted by Crippen LogP contribution is -2.41. The van der Waals surface area contributed by atoms with E-state index in [0.717, 1.165) is 30.9 Å². The highest BCUT2D eigenvalue weighted by Gasteiger charge is 2.24. The first-order chi connectivity index (χ1) is 7.77. The number of amides is 1. The quantitative estimate of drug-likeness (QED) is 0.859. The second-order valence-corrected chi connectivity index (χ2v) is 5.14. The lowest BCUT2D eigenvalue weighted by molar-refractivity contribution is -0.135. The van der Waals surface area contributed by atoms with Gasteiger partial charge in [-0.2, -0.15) is 0 Å². The van der Waals surface area contributed by atoms with Gasteiger partial charge in [-0.1, -0.05) is 0 Å². The van der Waals surface area contributed by atoms with Crippen LogP contribution in [0.15, 0.2) is 11.6 Å². The van der Waals surface area contributed by atoms with Gasteiger partial charge in [0, 0.05) is 25.2 Å². The average molecular weight is 239 g/mol. The third kappa shape index (κ3) is 2.80. The first kappa shape index (κ1) is 11.5. The molecule has 0 saturated carbocycles. The number of thiazole rings is 1. The average Bonchev–Trinajstić information content (AvgIpc) is 2.82. The van der Waals surface area contributed by atoms with Gasteiger partial charge in [-0.3, -0.25) is 4.79 Å². The van der Waals surface area contributed by atoms with Crippen molar-refractivity contribution in [1.82, 2.24) is 15.2 Å². The summed E-state index contributed by atoms with van der Waals surface area (Å²) in [5, 5.41) is 6.21. The van der Waals surface area contributed by atoms with Crippen LogP contribution in [0.3, 0.4) is 0 Å². The predicted octanol–water partition coefficient (Wildman–Crippen LogP) is 1.10. The third-order valence-electron chi connectivity index (χ3n) is 2.88. The zero-order valence-corrected chi connectivity index (χ0v) is 10.3. The maximum atomic E-state index is 12.1. The summed E-state index contributed by atoms with van der Waals surface area (Å²) in [4.78, 5) is 18.1. The summed E-state index contributed by atoms with van der Waals surface area (Å²) >= 11 is 1.59. The van der Waals surface area contributed by atoms with Gasteiger partial charge in [0.25, 0.3) is 0 Å². The Morgan fingerprint density at radius 3 is 3.25 bits per heavy atom. The zero-order chi connectivity index (χ0) is 11.4. The summed E-state index contributed by atoms with van der Waals surface area (Å²) in [6.45, 7) is 2.49. The molecule has 1 aliphatic rings. The number of hydrogen-bond acceptors (Lipinski definition) is 4. The maximum Gasteiger partial charge on any atom is 0.227 e. The van der Waals surface area contributed by atoms with E-state index in [1.165, 1.54) is 0 Å². The van der Waals surface area contributed by atoms with Crippen LogP contribution in [-0.4, -0.2) is 35.9 Å². The fraction of sp³-hybridized carbons (Fsp3) is 0.636. The van der Waals surface area contributed by atoms with Crippen LogP contribution in [0.1, 0.15) is 17.8 Å². The van der Waals surface area contributed by atoms with E-state index in [1.807, 2.05) is 12.4 Å². The number of piperidine rings is 1. The molecular weight excluding hydrogens is 222 g/mol. The largest absolute Gasteiger partial charge is 0.339 e. The molecule has 1 unspecified atom stereocenters. The SMILES string of the molecule is CN(Cc1nccs1)C(=O)C1CCCNC1. The Kier molecular flexibility index (Phi) is 3.90. The van der Waals surface area contributed by atoms with Crippen molar-refractivity contribution in [3.05, 3.63) is 16.6 Å². The smallest absolute Gasteiger partial charge is 0.227 e. The van der Waals surface area contributed by atoms with Gasteiger partial charge in [0.1, 0.15) is 5.01 Å². The van der Waals surface area contributed by atoms with Gasteiger partial charge in [0.15, 0.2) is 0 Å². The highest BCUT2D eigenvalue weighted by Crippen LogP contribution is 2.15. The van der Waals surface area contributed by atoms with Gasteiger partial charge in [-0.15, -0.1) is 11.3 Å². The number of carbonyl (C=O) groups is 1. The number of rotatable bonds is 3. The molecule has 1 aromatic rings. The van der Waals surface area contributed by atoms with E-state index in [0.29, 0.717) is 6.54 Å². The van der Waals surface area contributed by atoms with Crippen molar-refractivity contribution in [3.63, 3.8) is 0 Å². The van der Waals surface area contributed by atoms with Gasteiger partial charge in [0.2, 0.25) is 5.91 Å². The molecule has 16 heavy (non-hydrogen) atoms. The van der Waals surface area contributed by atoms with E-state index in [-0.39, 0.29) is 11.8 Å². The Morgan fingerprint density at radius 2 is 2.62 bits per heavy atom. The van der Waals surface area contributed by atoms with Crippen LogP contribution >= 0.6 is 11.3 Å². The molecule has 4 nitrogen and oxygen atoms in total. The molecule has 0 spiro atoms. The first-order valence-corrected chi connectivity index (χ1v) is 6.49. The van der Waals surface area contributed by atoms with Crippen LogP contribution in [0, 0.1) is 5.92 Å². The monoisotopic (exact) mass is 239 g/mol. The molecule has 1 saturated heterocycles. The highest BCUT2D eigenvalue weighted by molar-refractivity contribution is 7.09. The van der Waals surface area contributed by atoms with Crippen LogP contribution in [0.25, 0.3) is 0 Å². The molecule has 1 aliphatic heterocycles. The van der Waals surface area contributed by atoms with E-state index >= 15 is 0 Å². The minimum absolute atomic E-state index is 0.152. The van der Waals surface area contributed by atoms with Crippen LogP contribution < -0.4 is 5.32 Å². The maximum absolute atomic E-state index is 12.1. The van der Waals surface area contributed by atoms with Crippen molar-refractivity contribution in [2.75, 3.05) is 20.1 Å². The minimum atomic E-state index is 0.152. The number of nitrogens with one attached hydrogen (secondary N) is 1. The molecule has 88 valence electrons. The Hall–Kier alpha value is -0.940. The first-order valence-electron chi connectivity index (χ1n) is 5.61. The molecule has 0 radical (unpaired) electrons. The molecular formula is C11H17N3OS. The van der Waals surface area contributed by atoms with Crippen molar-refractivity contribution in [2.45, 2.75) is 19.4 Å². The molecule has 1 aromatic heterocycles. The second-order valence-electron chi connectivity index (χ2n) is 4.16. The minimum Gasteiger partial charge on any atom is -0.339 e. The van der Waals surface area contributed by atoms with Crippen molar-refractivity contribution in [3.8, 4) is 0 Å². The van der Waals surface area contributed by atoms with Crippen LogP contribution in [-0.2, 0) is 11.3 Å². The Morgan fingerprint density at radius 1 is 1.75 bits per heavy atom. The number of aromatic nitrogens is 1. The molecule has 1 N–H and O–H groups in total. The Balaban J connectivity index is 1.88. The van der Waals surface area contributed by atoms with Crippen molar-refractivity contribution in [1.29, 1.82) is 0 Å². The highest BCUT2D eigenvalue weighted by atomic mass is 32.1. The molecule has 1 fully saturated rings. The van der Waals surface area contributed by atoms with Gasteiger partial charge >= 0.3 is 0 Å². The topological polar surface area (TPSA) is 45.2 Å². The van der Waals surface area contributed by atoms with Crippen LogP contribution in [0.5, 0.6) is 0 Å². The van der Waals surface area contributed by atoms with Gasteiger partial charge < -0.3 is 10.2 Å². The summed E-state index contributed by atoms with van der Waals surface area (Å²) in [7, 11) is 1.86. The van der Waals surface area contributed by atoms with E-state index in [4.69, 9.17) is 0 Å². The van der Waals surface area contributed by atoms with Crippen LogP contribution in [0.4, 0.5) is 0 Å². The molecule has 2 heterocycles. The molecule has 0 aromatic carbocycles. The van der Waals surface area contributed by atoms with Crippen molar-refractivity contribution >= 4 is 17.2 Å². The van der Waals surface area contributed by atoms with E-state index in [2.05, 4.69) is 10.3 Å². The number of hydrogen-bond donors (Lipinski definition) is 1. The Labute approximate surface area is 99.7 Å². The molecule has 0 bridgehead atoms. The summed E-state index contributed by atoms with van der Waals surface area (Å²) in [6, 6.07) is 0. The lowest BCUT2D eigenvalue weighted by Gasteiger charge is -2.26. The van der Waals surface area contributed by atoms with E-state index in [9.17, 15) is 4.79 Å². The Bertz CT molecular complexity index is 333. The number of nitrogens with zero attached hydrogens (tertiary/aromatic N) is 2. The molecule has 1 amide bonds. The van der Waals surface area contributed by atoms with Gasteiger partial charge in [-0.25, -0.2) is 4.98 Å². The fourth-order valence-corrected chi connectivity index (χ4v) is 2.65. The van der Waals surface area contributed by atoms with Gasteiger partial charge in [-0.05, 0) is 19.4 Å². The van der Waals surface area contributed by atoms with Crippen LogP contribution in [0.2, 0.25) is 0 Å². The summed E-state index contributed by atoms with van der Waals surface area (Å²) in [5.74, 6) is 0.390. The fourth-order valence-electron chi connectivity index (χ4n) is 1.99. The van der Waals surface area contributed by atoms with E-state index in [1.54, 1.807) is 22.4 Å². The summed E-state index contributed by atoms with van der Waals surface area (Å²) in [6.07, 6.45) is 3.88. The lowest BCUT2D eigenvalue weighted by atomic mass is 9.98. The second kappa shape index (κ2) is 5.41. The molecule has 5 heteroatoms. The molecule has 2 rings (SSSR count). The van der Waals surface area contributed by atoms with Crippen molar-refractivity contribution < 1.29 is 4.79 Å². The number of carbonyl (C=O) groups excluding carboxylic acids is 1. The summed E-state index contributed by atoms with van der Waals surface area (Å²) < 4.78 is 0. The molecule has 0 aliphatic carbocycles. The van der Waals surface area contributed by atoms with Gasteiger partial charge in [0.05, 0.1) is 12.5 Å². The standard InChI is InChI=1S/C11H17N3OS/c1-14(8-10-13-5-6-16-10)11(15)9-3-2-4-12-7-9/h5-6,9,12H,2-4,7-8H2,1H3. The predicted molar refractivity (Wildman–Crippen MR) is 64.2 cm³/mol. The summed E-state index contributed by atoms with van der Waals surface area (Å²) in [5.41, 5.74) is 0. The van der Waals surface area contributed by atoms with E-state index < -0.39 is 0 Å². The third-order valence-corrected chi connectivity index (χ3v) is 3.64. The van der Waals surface area contributed by atoms with Crippen molar-refractivity contribution in [2.24, 2.45) is 5.92 Å². The normalized spacial score (nSPS) is 20.7.